The SMILES string of the molecule is CC(C)c1cccc(C(C)C)c1-n1c(-c2[c-]cc(F)cc2)nc2ccccc21.[2H]C([2H])([2H])c1ccc2nc(-c3[c-]ccc4c3oc3c(F)c(C#N)ccc34)n(-c3c(C(C)C)cc(-c4cc[c]([Ge]([CH3])([CH3])[CH3])cc4)cc3C(C)C)c2c1.[Ir]. The third kappa shape index (κ3) is 10.2. The zero-order valence-electron chi connectivity index (χ0n) is 48.3. The van der Waals surface area contributed by atoms with Crippen LogP contribution in [-0.4, -0.2) is 32.4 Å². The third-order valence-corrected chi connectivity index (χ3v) is 18.7. The average molecular weight is 1260 g/mol. The fourth-order valence-corrected chi connectivity index (χ4v) is 12.8. The van der Waals surface area contributed by atoms with Gasteiger partial charge in [-0.2, -0.15) is 5.26 Å². The van der Waals surface area contributed by atoms with E-state index in [9.17, 15) is 9.65 Å². The number of aryl methyl sites for hydroxylation is 1. The molecule has 6 nitrogen and oxygen atoms in total. The molecule has 0 saturated heterocycles. The molecule has 11 rings (SSSR count). The first-order valence-electron chi connectivity index (χ1n) is 27.6. The Morgan fingerprint density at radius 3 is 1.83 bits per heavy atom. The number of para-hydroxylation sites is 3. The molecule has 0 aliphatic rings. The maximum Gasteiger partial charge on any atom is 0 e. The molecule has 0 amide bonds. The summed E-state index contributed by atoms with van der Waals surface area (Å²) >= 11 is -2.01. The Hall–Kier alpha value is -6.96. The summed E-state index contributed by atoms with van der Waals surface area (Å²) in [5.74, 6) is 8.35. The molecule has 0 aliphatic heterocycles. The number of imidazole rings is 2. The van der Waals surface area contributed by atoms with Gasteiger partial charge in [-0.05, 0) is 48.0 Å². The standard InChI is InChI=1S/C42H39FGeN3O.C25H24FN2.Ir/c1-24(2)34-21-29(27-13-16-30(17-14-27)44(6,7)8)22-35(25(3)4)39(34)47-37-20-26(5)12-19-36(37)46-42(47)33-11-9-10-31-32-18-15-28(23-45)38(43)41(32)48-40(31)33;1-16(2)20-8-7-9-21(17(3)4)24(20)28-23-11-6-5-10-22(23)27-25(28)18-12-14-19(26)15-13-18;/h9-10,12-22,24-25H,1-8H3;5-12,14-17H,1-4H3;/q2*-1;/i5D3;;. The van der Waals surface area contributed by atoms with Crippen molar-refractivity contribution in [2.75, 3.05) is 0 Å². The summed E-state index contributed by atoms with van der Waals surface area (Å²) in [5, 5.41) is 10.7. The Morgan fingerprint density at radius 2 is 1.22 bits per heavy atom. The number of rotatable bonds is 10. The number of hydrogen-bond donors (Lipinski definition) is 0. The average Bonchev–Trinajstić information content (AvgIpc) is 4.33. The van der Waals surface area contributed by atoms with Crippen molar-refractivity contribution < 1.29 is 37.4 Å². The van der Waals surface area contributed by atoms with Gasteiger partial charge >= 0.3 is 200 Å². The van der Waals surface area contributed by atoms with Gasteiger partial charge in [-0.15, -0.1) is 42.0 Å². The summed E-state index contributed by atoms with van der Waals surface area (Å²) in [4.78, 5) is 10.0. The first-order chi connectivity index (χ1) is 37.5. The Labute approximate surface area is 471 Å². The number of fused-ring (bicyclic) bond motifs is 5. The van der Waals surface area contributed by atoms with Crippen molar-refractivity contribution in [3.63, 3.8) is 0 Å². The molecule has 11 aromatic rings. The van der Waals surface area contributed by atoms with E-state index in [2.05, 4.69) is 150 Å². The van der Waals surface area contributed by atoms with Crippen molar-refractivity contribution in [3.8, 4) is 51.3 Å². The zero-order valence-corrected chi connectivity index (χ0v) is 49.8. The largest absolute Gasteiger partial charge is 0 e. The zero-order chi connectivity index (χ0) is 56.4. The summed E-state index contributed by atoms with van der Waals surface area (Å²) in [7, 11) is 0. The molecular weight excluding hydrogens is 1190 g/mol. The van der Waals surface area contributed by atoms with Crippen LogP contribution in [0, 0.1) is 42.0 Å². The van der Waals surface area contributed by atoms with Crippen molar-refractivity contribution >= 4 is 61.7 Å². The summed E-state index contributed by atoms with van der Waals surface area (Å²) in [6.07, 6.45) is 0. The number of aromatic nitrogens is 4. The minimum atomic E-state index is -2.33. The fourth-order valence-electron chi connectivity index (χ4n) is 10.4. The third-order valence-electron chi connectivity index (χ3n) is 14.4. The van der Waals surface area contributed by atoms with E-state index in [-0.39, 0.29) is 54.5 Å². The molecule has 0 fully saturated rings. The van der Waals surface area contributed by atoms with Crippen LogP contribution in [-0.2, 0) is 20.1 Å². The van der Waals surface area contributed by atoms with Crippen molar-refractivity contribution in [2.45, 2.75) is 103 Å². The van der Waals surface area contributed by atoms with E-state index in [4.69, 9.17) is 18.5 Å². The molecule has 0 saturated carbocycles. The van der Waals surface area contributed by atoms with Crippen molar-refractivity contribution in [1.82, 2.24) is 19.1 Å². The molecule has 0 bridgehead atoms. The van der Waals surface area contributed by atoms with Gasteiger partial charge in [0.25, 0.3) is 0 Å². The van der Waals surface area contributed by atoms with Crippen LogP contribution in [0.5, 0.6) is 0 Å². The predicted molar refractivity (Wildman–Crippen MR) is 312 cm³/mol. The predicted octanol–water partition coefficient (Wildman–Crippen LogP) is 18.0. The molecule has 0 spiro atoms. The molecule has 10 heteroatoms. The van der Waals surface area contributed by atoms with Gasteiger partial charge < -0.3 is 8.98 Å². The number of nitriles is 1. The maximum absolute atomic E-state index is 15.5. The second-order valence-corrected chi connectivity index (χ2v) is 32.7. The summed E-state index contributed by atoms with van der Waals surface area (Å²) in [5.41, 5.74) is 14.0. The first kappa shape index (κ1) is 50.8. The molecule has 0 aliphatic carbocycles. The van der Waals surface area contributed by atoms with Gasteiger partial charge in [0.05, 0.1) is 22.4 Å². The molecule has 0 N–H and O–H groups in total. The number of nitrogens with zero attached hydrogens (tertiary/aromatic N) is 5. The van der Waals surface area contributed by atoms with Gasteiger partial charge in [0, 0.05) is 41.1 Å². The van der Waals surface area contributed by atoms with E-state index < -0.39 is 25.9 Å². The van der Waals surface area contributed by atoms with Gasteiger partial charge in [0.15, 0.2) is 11.4 Å². The number of hydrogen-bond acceptors (Lipinski definition) is 4. The monoisotopic (exact) mass is 1260 g/mol. The smallest absolute Gasteiger partial charge is 0 e. The topological polar surface area (TPSA) is 72.6 Å². The van der Waals surface area contributed by atoms with Crippen LogP contribution >= 0.6 is 0 Å². The van der Waals surface area contributed by atoms with Gasteiger partial charge in [-0.3, -0.25) is 9.37 Å². The van der Waals surface area contributed by atoms with Gasteiger partial charge in [0.1, 0.15) is 6.07 Å². The first-order valence-corrected chi connectivity index (χ1v) is 33.5. The summed E-state index contributed by atoms with van der Waals surface area (Å²) in [6.45, 7) is 15.2. The molecule has 1 radical (unpaired) electrons. The molecule has 0 atom stereocenters. The van der Waals surface area contributed by atoms with E-state index in [0.29, 0.717) is 50.6 Å². The fraction of sp³-hybridized carbons (Fsp3) is 0.239. The molecule has 77 heavy (non-hydrogen) atoms. The maximum atomic E-state index is 15.5. The molecule has 391 valence electrons. The number of furan rings is 1. The van der Waals surface area contributed by atoms with Crippen LogP contribution in [0.3, 0.4) is 0 Å². The van der Waals surface area contributed by atoms with Crippen molar-refractivity contribution in [1.29, 1.82) is 5.26 Å². The van der Waals surface area contributed by atoms with Crippen LogP contribution in [0.1, 0.15) is 117 Å². The van der Waals surface area contributed by atoms with Crippen molar-refractivity contribution in [3.05, 3.63) is 197 Å². The van der Waals surface area contributed by atoms with Crippen molar-refractivity contribution in [2.24, 2.45) is 0 Å². The quantitative estimate of drug-likeness (QED) is 0.101. The molecular formula is C67H63F2GeIrN5O-2. The van der Waals surface area contributed by atoms with Crippen LogP contribution in [0.4, 0.5) is 8.78 Å². The van der Waals surface area contributed by atoms with Gasteiger partial charge in [0.2, 0.25) is 0 Å². The molecule has 3 heterocycles. The second kappa shape index (κ2) is 21.8. The number of halogens is 2. The van der Waals surface area contributed by atoms with Gasteiger partial charge in [-0.25, -0.2) is 4.39 Å². The van der Waals surface area contributed by atoms with E-state index in [0.717, 1.165) is 50.4 Å². The number of benzene rings is 8. The van der Waals surface area contributed by atoms with E-state index in [1.165, 1.54) is 39.4 Å². The van der Waals surface area contributed by atoms with Crippen LogP contribution in [0.15, 0.2) is 144 Å². The van der Waals surface area contributed by atoms with Gasteiger partial charge in [-0.1, -0.05) is 75.5 Å². The normalized spacial score (nSPS) is 12.6. The van der Waals surface area contributed by atoms with Crippen LogP contribution < -0.4 is 4.40 Å². The minimum absolute atomic E-state index is 0. The Bertz CT molecular complexity index is 4110. The van der Waals surface area contributed by atoms with E-state index >= 15 is 4.39 Å². The molecule has 8 aromatic carbocycles. The minimum Gasteiger partial charge on any atom is 0 e. The summed E-state index contributed by atoms with van der Waals surface area (Å²) in [6, 6.07) is 52.8. The van der Waals surface area contributed by atoms with E-state index in [1.54, 1.807) is 36.4 Å². The van der Waals surface area contributed by atoms with E-state index in [1.807, 2.05) is 34.9 Å². The Balaban J connectivity index is 0.000000225. The van der Waals surface area contributed by atoms with Crippen LogP contribution in [0.25, 0.3) is 89.3 Å². The second-order valence-electron chi connectivity index (χ2n) is 22.0. The Kier molecular flexibility index (Phi) is 14.4. The summed E-state index contributed by atoms with van der Waals surface area (Å²) < 4.78 is 65.7. The Morgan fingerprint density at radius 1 is 0.610 bits per heavy atom. The van der Waals surface area contributed by atoms with Crippen LogP contribution in [0.2, 0.25) is 17.3 Å². The molecule has 3 aromatic heterocycles. The molecule has 0 unspecified atom stereocenters.